The molecule has 1 heterocycles. The van der Waals surface area contributed by atoms with Gasteiger partial charge in [-0.05, 0) is 55.0 Å². The second-order valence-electron chi connectivity index (χ2n) is 11.8. The molecule has 2 aliphatic carbocycles. The molecule has 0 bridgehead atoms. The van der Waals surface area contributed by atoms with Gasteiger partial charge in [-0.2, -0.15) is 0 Å². The van der Waals surface area contributed by atoms with E-state index < -0.39 is 18.0 Å². The molecule has 2 aromatic carbocycles. The highest BCUT2D eigenvalue weighted by molar-refractivity contribution is 5.96. The number of carbonyl (C=O) groups excluding carboxylic acids is 1. The number of carbonyl (C=O) groups is 1. The summed E-state index contributed by atoms with van der Waals surface area (Å²) in [5.41, 5.74) is 1.47. The van der Waals surface area contributed by atoms with Crippen molar-refractivity contribution in [2.45, 2.75) is 62.9 Å². The summed E-state index contributed by atoms with van der Waals surface area (Å²) in [5.74, 6) is 0.220. The van der Waals surface area contributed by atoms with E-state index in [0.29, 0.717) is 28.3 Å². The van der Waals surface area contributed by atoms with Gasteiger partial charge in [-0.25, -0.2) is 0 Å². The Morgan fingerprint density at radius 2 is 1.87 bits per heavy atom. The van der Waals surface area contributed by atoms with Crippen molar-refractivity contribution < 1.29 is 31.9 Å². The van der Waals surface area contributed by atoms with E-state index in [0.717, 1.165) is 57.0 Å². The summed E-state index contributed by atoms with van der Waals surface area (Å²) in [6, 6.07) is 16.7. The summed E-state index contributed by atoms with van der Waals surface area (Å²) in [5, 5.41) is 3.05. The molecule has 1 saturated heterocycles. The molecule has 3 fully saturated rings. The van der Waals surface area contributed by atoms with Gasteiger partial charge in [-0.1, -0.05) is 55.3 Å². The number of hydrogen-bond acceptors (Lipinski definition) is 3. The van der Waals surface area contributed by atoms with Crippen LogP contribution < -0.4 is 10.1 Å². The van der Waals surface area contributed by atoms with Crippen LogP contribution >= 0.6 is 0 Å². The number of alkyl halides is 3. The molecule has 8 heteroatoms. The van der Waals surface area contributed by atoms with Crippen LogP contribution in [0.15, 0.2) is 60.4 Å². The minimum absolute atomic E-state index is 0.180. The summed E-state index contributed by atoms with van der Waals surface area (Å²) in [6.07, 6.45) is 3.15. The van der Waals surface area contributed by atoms with Crippen molar-refractivity contribution in [3.05, 3.63) is 71.5 Å². The fraction of sp³-hybridized carbons (Fsp3) is 0.516. The van der Waals surface area contributed by atoms with E-state index in [4.69, 9.17) is 4.74 Å². The van der Waals surface area contributed by atoms with Crippen molar-refractivity contribution in [3.8, 4) is 5.75 Å². The van der Waals surface area contributed by atoms with Crippen LogP contribution in [-0.4, -0.2) is 50.2 Å². The summed E-state index contributed by atoms with van der Waals surface area (Å²) in [6.45, 7) is 1.78. The molecule has 0 aromatic heterocycles. The van der Waals surface area contributed by atoms with E-state index in [2.05, 4.69) is 29.2 Å². The van der Waals surface area contributed by atoms with E-state index in [1.165, 1.54) is 12.0 Å². The lowest BCUT2D eigenvalue weighted by atomic mass is 9.58. The Morgan fingerprint density at radius 1 is 1.10 bits per heavy atom. The van der Waals surface area contributed by atoms with Gasteiger partial charge in [0.2, 0.25) is 0 Å². The molecule has 2 aromatic rings. The van der Waals surface area contributed by atoms with E-state index in [-0.39, 0.29) is 11.6 Å². The Morgan fingerprint density at radius 3 is 2.56 bits per heavy atom. The van der Waals surface area contributed by atoms with Crippen LogP contribution in [-0.2, 0) is 14.9 Å². The highest BCUT2D eigenvalue weighted by atomic mass is 19.4. The van der Waals surface area contributed by atoms with Crippen LogP contribution in [0.1, 0.15) is 56.1 Å². The molecule has 5 rings (SSSR count). The Balaban J connectivity index is 1.50. The highest BCUT2D eigenvalue weighted by Crippen LogP contribution is 2.53. The number of nitrogens with one attached hydrogen (secondary N) is 1. The van der Waals surface area contributed by atoms with Gasteiger partial charge in [0, 0.05) is 23.7 Å². The fourth-order valence-electron chi connectivity index (χ4n) is 6.96. The number of methoxy groups -OCH3 is 1. The first-order chi connectivity index (χ1) is 18.6. The predicted molar refractivity (Wildman–Crippen MR) is 143 cm³/mol. The van der Waals surface area contributed by atoms with Crippen molar-refractivity contribution in [1.29, 1.82) is 0 Å². The minimum Gasteiger partial charge on any atom is -0.497 e. The molecule has 1 aliphatic heterocycles. The lowest BCUT2D eigenvalue weighted by molar-refractivity contribution is -0.947. The Kier molecular flexibility index (Phi) is 7.68. The maximum Gasteiger partial charge on any atom is 0.573 e. The van der Waals surface area contributed by atoms with Crippen molar-refractivity contribution in [2.24, 2.45) is 11.8 Å². The number of amides is 1. The van der Waals surface area contributed by atoms with E-state index in [9.17, 15) is 18.0 Å². The molecule has 0 radical (unpaired) electrons. The summed E-state index contributed by atoms with van der Waals surface area (Å²) in [7, 11) is 3.82. The highest BCUT2D eigenvalue weighted by Gasteiger charge is 2.56. The lowest BCUT2D eigenvalue weighted by Crippen LogP contribution is -2.70. The zero-order chi connectivity index (χ0) is 27.7. The molecule has 0 spiro atoms. The van der Waals surface area contributed by atoms with Crippen molar-refractivity contribution in [1.82, 2.24) is 5.32 Å². The molecule has 5 nitrogen and oxygen atoms in total. The molecule has 2 unspecified atom stereocenters. The Hall–Kier alpha value is -3.00. The summed E-state index contributed by atoms with van der Waals surface area (Å²) >= 11 is 0. The third-order valence-electron chi connectivity index (χ3n) is 9.02. The standard InChI is InChI=1S/C31H37F3N2O3/c1-36(20-23-14-15-23)21-25-11-6-7-16-30(25,24-12-8-13-26(18-24)38-2)19-28(36)35-29(37)27(39-31(32,33)34)17-22-9-4-3-5-10-22/h3-5,8-10,12-13,17-18,23,25,28H,6-7,11,14-16,19-21H2,1-2H3/p+1/t25?,28-,30?,36+/m0/s1. The number of hydrogen-bond donors (Lipinski definition) is 1. The van der Waals surface area contributed by atoms with Gasteiger partial charge in [0.05, 0.1) is 27.2 Å². The molecular formula is C31H38F3N2O3+. The van der Waals surface area contributed by atoms with Crippen LogP contribution in [0.25, 0.3) is 6.08 Å². The number of piperidine rings is 1. The predicted octanol–water partition coefficient (Wildman–Crippen LogP) is 6.40. The monoisotopic (exact) mass is 543 g/mol. The average molecular weight is 544 g/mol. The van der Waals surface area contributed by atoms with Crippen LogP contribution in [0.3, 0.4) is 0 Å². The van der Waals surface area contributed by atoms with Gasteiger partial charge in [-0.3, -0.25) is 10.1 Å². The number of halogens is 3. The van der Waals surface area contributed by atoms with Crippen LogP contribution in [0.4, 0.5) is 13.2 Å². The first-order valence-corrected chi connectivity index (χ1v) is 13.9. The smallest absolute Gasteiger partial charge is 0.497 e. The zero-order valence-corrected chi connectivity index (χ0v) is 22.7. The molecule has 39 heavy (non-hydrogen) atoms. The van der Waals surface area contributed by atoms with Gasteiger partial charge < -0.3 is 14.0 Å². The van der Waals surface area contributed by atoms with E-state index in [1.54, 1.807) is 37.4 Å². The number of benzene rings is 2. The van der Waals surface area contributed by atoms with Gasteiger partial charge in [0.25, 0.3) is 5.91 Å². The molecular weight excluding hydrogens is 505 g/mol. The number of fused-ring (bicyclic) bond motifs is 1. The zero-order valence-electron chi connectivity index (χ0n) is 22.7. The largest absolute Gasteiger partial charge is 0.573 e. The van der Waals surface area contributed by atoms with Gasteiger partial charge in [0.1, 0.15) is 5.75 Å². The van der Waals surface area contributed by atoms with Crippen LogP contribution in [0.2, 0.25) is 0 Å². The molecule has 3 aliphatic rings. The quantitative estimate of drug-likeness (QED) is 0.238. The molecule has 4 atom stereocenters. The van der Waals surface area contributed by atoms with Crippen LogP contribution in [0.5, 0.6) is 5.75 Å². The minimum atomic E-state index is -4.98. The Labute approximate surface area is 228 Å². The molecule has 210 valence electrons. The second-order valence-corrected chi connectivity index (χ2v) is 11.8. The number of quaternary nitrogens is 1. The molecule has 1 N–H and O–H groups in total. The third-order valence-corrected chi connectivity index (χ3v) is 9.02. The lowest BCUT2D eigenvalue weighted by Gasteiger charge is -2.57. The van der Waals surface area contributed by atoms with E-state index >= 15 is 0 Å². The maximum atomic E-state index is 13.5. The summed E-state index contributed by atoms with van der Waals surface area (Å²) in [4.78, 5) is 13.5. The topological polar surface area (TPSA) is 47.6 Å². The first kappa shape index (κ1) is 27.6. The van der Waals surface area contributed by atoms with Gasteiger partial charge in [0.15, 0.2) is 11.9 Å². The normalized spacial score (nSPS) is 29.3. The summed E-state index contributed by atoms with van der Waals surface area (Å²) < 4.78 is 50.6. The van der Waals surface area contributed by atoms with Gasteiger partial charge in [-0.15, -0.1) is 13.2 Å². The number of nitrogens with zero attached hydrogens (tertiary/aromatic N) is 1. The number of ether oxygens (including phenoxy) is 2. The maximum absolute atomic E-state index is 13.5. The van der Waals surface area contributed by atoms with Crippen LogP contribution in [0, 0.1) is 11.8 Å². The second kappa shape index (κ2) is 10.9. The van der Waals surface area contributed by atoms with Gasteiger partial charge >= 0.3 is 6.36 Å². The third kappa shape index (κ3) is 6.26. The number of rotatable bonds is 8. The van der Waals surface area contributed by atoms with Crippen molar-refractivity contribution >= 4 is 12.0 Å². The van der Waals surface area contributed by atoms with Crippen molar-refractivity contribution in [3.63, 3.8) is 0 Å². The Bertz CT molecular complexity index is 1200. The van der Waals surface area contributed by atoms with E-state index in [1.807, 2.05) is 12.1 Å². The first-order valence-electron chi connectivity index (χ1n) is 13.9. The SMILES string of the molecule is COc1cccc(C23CCCCC2C[N@@+](C)(CC2CC2)[C@H](NC(=O)C(=Cc2ccccc2)OC(F)(F)F)C3)c1. The average Bonchev–Trinajstić information content (AvgIpc) is 3.72. The fourth-order valence-corrected chi connectivity index (χ4v) is 6.96. The molecule has 2 saturated carbocycles. The molecule has 1 amide bonds. The van der Waals surface area contributed by atoms with Crippen molar-refractivity contribution in [2.75, 3.05) is 27.2 Å². The number of likely N-dealkylation sites (tertiary alicyclic amines) is 1.